The summed E-state index contributed by atoms with van der Waals surface area (Å²) in [6.45, 7) is 5.29. The highest BCUT2D eigenvalue weighted by atomic mass is 127. The van der Waals surface area contributed by atoms with E-state index in [4.69, 9.17) is 0 Å². The first-order valence-electron chi connectivity index (χ1n) is 7.91. The predicted molar refractivity (Wildman–Crippen MR) is 108 cm³/mol. The van der Waals surface area contributed by atoms with E-state index in [0.717, 1.165) is 18.9 Å². The number of halogens is 1. The predicted octanol–water partition coefficient (Wildman–Crippen LogP) is 2.02. The van der Waals surface area contributed by atoms with Gasteiger partial charge in [-0.3, -0.25) is 0 Å². The van der Waals surface area contributed by atoms with E-state index in [0.29, 0.717) is 29.0 Å². The van der Waals surface area contributed by atoms with Gasteiger partial charge in [0.15, 0.2) is 5.96 Å². The van der Waals surface area contributed by atoms with Crippen molar-refractivity contribution in [3.63, 3.8) is 0 Å². The first-order valence-corrected chi connectivity index (χ1v) is 9.35. The second-order valence-corrected chi connectivity index (χ2v) is 8.17. The van der Waals surface area contributed by atoms with Gasteiger partial charge < -0.3 is 10.6 Å². The summed E-state index contributed by atoms with van der Waals surface area (Å²) < 4.78 is 26.0. The lowest BCUT2D eigenvalue weighted by Gasteiger charge is -2.15. The van der Waals surface area contributed by atoms with Crippen molar-refractivity contribution >= 4 is 40.0 Å². The SMILES string of the molecule is CCNC(=NCc1ccccc1S(=O)(=O)N(C)C)NC1CC1C.I. The third-order valence-corrected chi connectivity index (χ3v) is 5.83. The number of benzene rings is 1. The molecular weight excluding hydrogens is 439 g/mol. The first-order chi connectivity index (χ1) is 10.9. The van der Waals surface area contributed by atoms with Crippen molar-refractivity contribution in [3.8, 4) is 0 Å². The summed E-state index contributed by atoms with van der Waals surface area (Å²) in [4.78, 5) is 4.85. The average molecular weight is 466 g/mol. The Hall–Kier alpha value is -0.870. The van der Waals surface area contributed by atoms with E-state index in [9.17, 15) is 8.42 Å². The molecule has 0 spiro atoms. The Labute approximate surface area is 162 Å². The van der Waals surface area contributed by atoms with Crippen LogP contribution in [0.15, 0.2) is 34.2 Å². The Morgan fingerprint density at radius 3 is 2.50 bits per heavy atom. The summed E-state index contributed by atoms with van der Waals surface area (Å²) >= 11 is 0. The molecule has 2 atom stereocenters. The van der Waals surface area contributed by atoms with Crippen molar-refractivity contribution in [1.29, 1.82) is 0 Å². The number of rotatable bonds is 6. The topological polar surface area (TPSA) is 73.8 Å². The number of sulfonamides is 1. The summed E-state index contributed by atoms with van der Waals surface area (Å²) in [7, 11) is -0.390. The molecule has 0 bridgehead atoms. The van der Waals surface area contributed by atoms with Crippen molar-refractivity contribution in [2.75, 3.05) is 20.6 Å². The molecule has 2 rings (SSSR count). The maximum atomic E-state index is 12.4. The molecule has 0 saturated heterocycles. The standard InChI is InChI=1S/C16H26N4O2S.HI/c1-5-17-16(19-14-10-12(14)2)18-11-13-8-6-7-9-15(13)23(21,22)20(3)4;/h6-9,12,14H,5,10-11H2,1-4H3,(H2,17,18,19);1H. The Kier molecular flexibility index (Phi) is 7.94. The second kappa shape index (κ2) is 9.00. The average Bonchev–Trinajstić information content (AvgIpc) is 3.20. The van der Waals surface area contributed by atoms with Crippen molar-refractivity contribution in [3.05, 3.63) is 29.8 Å². The second-order valence-electron chi connectivity index (χ2n) is 6.05. The Morgan fingerprint density at radius 1 is 1.33 bits per heavy atom. The fraction of sp³-hybridized carbons (Fsp3) is 0.562. The first kappa shape index (κ1) is 21.2. The smallest absolute Gasteiger partial charge is 0.242 e. The molecule has 2 unspecified atom stereocenters. The van der Waals surface area contributed by atoms with E-state index in [1.165, 1.54) is 18.4 Å². The van der Waals surface area contributed by atoms with Crippen molar-refractivity contribution in [1.82, 2.24) is 14.9 Å². The highest BCUT2D eigenvalue weighted by Gasteiger charge is 2.33. The molecule has 136 valence electrons. The lowest BCUT2D eigenvalue weighted by molar-refractivity contribution is 0.519. The molecule has 8 heteroatoms. The van der Waals surface area contributed by atoms with Gasteiger partial charge in [0.1, 0.15) is 0 Å². The molecule has 0 aliphatic heterocycles. The van der Waals surface area contributed by atoms with Crippen LogP contribution in [0.1, 0.15) is 25.8 Å². The molecule has 1 fully saturated rings. The van der Waals surface area contributed by atoms with Gasteiger partial charge in [-0.2, -0.15) is 0 Å². The van der Waals surface area contributed by atoms with E-state index in [2.05, 4.69) is 22.5 Å². The molecule has 0 aromatic heterocycles. The molecule has 0 heterocycles. The number of hydrogen-bond donors (Lipinski definition) is 2. The summed E-state index contributed by atoms with van der Waals surface area (Å²) in [5.74, 6) is 1.40. The summed E-state index contributed by atoms with van der Waals surface area (Å²) in [5, 5.41) is 6.58. The lowest BCUT2D eigenvalue weighted by Crippen LogP contribution is -2.39. The van der Waals surface area contributed by atoms with Crippen LogP contribution in [0.3, 0.4) is 0 Å². The Bertz CT molecular complexity index is 676. The van der Waals surface area contributed by atoms with Crippen LogP contribution in [0, 0.1) is 5.92 Å². The minimum absolute atomic E-state index is 0. The minimum atomic E-state index is -3.46. The van der Waals surface area contributed by atoms with Gasteiger partial charge in [0, 0.05) is 26.7 Å². The third-order valence-electron chi connectivity index (χ3n) is 3.91. The molecule has 1 aliphatic carbocycles. The number of hydrogen-bond acceptors (Lipinski definition) is 3. The van der Waals surface area contributed by atoms with Crippen LogP contribution in [0.4, 0.5) is 0 Å². The van der Waals surface area contributed by atoms with Crippen LogP contribution in [0.25, 0.3) is 0 Å². The molecule has 1 saturated carbocycles. The van der Waals surface area contributed by atoms with Crippen LogP contribution in [-0.4, -0.2) is 45.4 Å². The number of nitrogens with zero attached hydrogens (tertiary/aromatic N) is 2. The molecule has 1 aromatic carbocycles. The van der Waals surface area contributed by atoms with Crippen LogP contribution >= 0.6 is 24.0 Å². The largest absolute Gasteiger partial charge is 0.357 e. The molecule has 0 radical (unpaired) electrons. The molecule has 0 amide bonds. The lowest BCUT2D eigenvalue weighted by atomic mass is 10.2. The van der Waals surface area contributed by atoms with Gasteiger partial charge in [-0.05, 0) is 30.9 Å². The summed E-state index contributed by atoms with van der Waals surface area (Å²) in [6.07, 6.45) is 1.15. The number of aliphatic imine (C=N–C) groups is 1. The third kappa shape index (κ3) is 5.32. The summed E-state index contributed by atoms with van der Waals surface area (Å²) in [5.41, 5.74) is 0.697. The molecule has 2 N–H and O–H groups in total. The van der Waals surface area contributed by atoms with E-state index in [-0.39, 0.29) is 24.0 Å². The van der Waals surface area contributed by atoms with E-state index in [1.54, 1.807) is 12.1 Å². The van der Waals surface area contributed by atoms with Crippen molar-refractivity contribution < 1.29 is 8.42 Å². The van der Waals surface area contributed by atoms with Crippen LogP contribution in [0.2, 0.25) is 0 Å². The van der Waals surface area contributed by atoms with E-state index >= 15 is 0 Å². The normalized spacial score (nSPS) is 20.5. The van der Waals surface area contributed by atoms with Crippen molar-refractivity contribution in [2.45, 2.75) is 37.8 Å². The highest BCUT2D eigenvalue weighted by molar-refractivity contribution is 14.0. The van der Waals surface area contributed by atoms with E-state index in [1.807, 2.05) is 19.1 Å². The fourth-order valence-electron chi connectivity index (χ4n) is 2.27. The minimum Gasteiger partial charge on any atom is -0.357 e. The fourth-order valence-corrected chi connectivity index (χ4v) is 3.37. The Balaban J connectivity index is 0.00000288. The zero-order chi connectivity index (χ0) is 17.0. The molecule has 24 heavy (non-hydrogen) atoms. The van der Waals surface area contributed by atoms with Crippen molar-refractivity contribution in [2.24, 2.45) is 10.9 Å². The molecule has 1 aliphatic rings. The van der Waals surface area contributed by atoms with Crippen LogP contribution in [0.5, 0.6) is 0 Å². The molecule has 1 aromatic rings. The maximum Gasteiger partial charge on any atom is 0.242 e. The highest BCUT2D eigenvalue weighted by Crippen LogP contribution is 2.28. The number of guanidine groups is 1. The maximum absolute atomic E-state index is 12.4. The van der Waals surface area contributed by atoms with Gasteiger partial charge in [-0.1, -0.05) is 25.1 Å². The monoisotopic (exact) mass is 466 g/mol. The van der Waals surface area contributed by atoms with Gasteiger partial charge >= 0.3 is 0 Å². The van der Waals surface area contributed by atoms with Crippen LogP contribution < -0.4 is 10.6 Å². The zero-order valence-corrected chi connectivity index (χ0v) is 17.8. The zero-order valence-electron chi connectivity index (χ0n) is 14.6. The number of nitrogens with one attached hydrogen (secondary N) is 2. The molecular formula is C16H27IN4O2S. The van der Waals surface area contributed by atoms with E-state index < -0.39 is 10.0 Å². The summed E-state index contributed by atoms with van der Waals surface area (Å²) in [6, 6.07) is 7.47. The van der Waals surface area contributed by atoms with Gasteiger partial charge in [-0.25, -0.2) is 17.7 Å². The van der Waals surface area contributed by atoms with Gasteiger partial charge in [0.25, 0.3) is 0 Å². The van der Waals surface area contributed by atoms with Crippen LogP contribution in [-0.2, 0) is 16.6 Å². The van der Waals surface area contributed by atoms with Gasteiger partial charge in [0.05, 0.1) is 11.4 Å². The van der Waals surface area contributed by atoms with Gasteiger partial charge in [-0.15, -0.1) is 24.0 Å². The van der Waals surface area contributed by atoms with Gasteiger partial charge in [0.2, 0.25) is 10.0 Å². The Morgan fingerprint density at radius 2 is 1.96 bits per heavy atom. The molecule has 6 nitrogen and oxygen atoms in total. The quantitative estimate of drug-likeness (QED) is 0.382.